The normalized spacial score (nSPS) is 30.7. The summed E-state index contributed by atoms with van der Waals surface area (Å²) in [7, 11) is 0. The molecule has 0 radical (unpaired) electrons. The molecule has 0 aromatic heterocycles. The van der Waals surface area contributed by atoms with Gasteiger partial charge in [0.2, 0.25) is 23.6 Å². The number of nitrogens with two attached hydrogens (primary N) is 1. The third-order valence-corrected chi connectivity index (χ3v) is 13.0. The lowest BCUT2D eigenvalue weighted by Gasteiger charge is -2.39. The Morgan fingerprint density at radius 2 is 1.69 bits per heavy atom. The number of aliphatic hydroxyl groups excluding tert-OH is 2. The molecule has 16 heteroatoms. The molecule has 1 aromatic carbocycles. The molecule has 3 aliphatic heterocycles. The first-order valence-electron chi connectivity index (χ1n) is 23.4. The Hall–Kier alpha value is -4.45. The van der Waals surface area contributed by atoms with Crippen molar-refractivity contribution in [1.82, 2.24) is 16.0 Å². The van der Waals surface area contributed by atoms with E-state index in [1.165, 1.54) is 12.2 Å². The molecule has 360 valence electrons. The number of aliphatic hydroxyl groups is 2. The number of carbonyl (C=O) groups excluding carboxylic acids is 5. The van der Waals surface area contributed by atoms with Crippen LogP contribution in [0.1, 0.15) is 112 Å². The number of esters is 1. The Kier molecular flexibility index (Phi) is 18.9. The number of hydrogen-bond donors (Lipinski definition) is 7. The number of hydrogen-bond acceptors (Lipinski definition) is 12. The molecule has 8 N–H and O–H groups in total. The van der Waals surface area contributed by atoms with Gasteiger partial charge in [0.1, 0.15) is 30.0 Å². The zero-order valence-electron chi connectivity index (χ0n) is 39.1. The molecule has 1 spiro atoms. The van der Waals surface area contributed by atoms with Crippen LogP contribution in [-0.4, -0.2) is 119 Å². The predicted octanol–water partition coefficient (Wildman–Crippen LogP) is 3.82. The van der Waals surface area contributed by atoms with Gasteiger partial charge in [-0.3, -0.25) is 24.0 Å². The maximum atomic E-state index is 13.3. The maximum absolute atomic E-state index is 13.3. The summed E-state index contributed by atoms with van der Waals surface area (Å²) in [5.41, 5.74) is 7.48. The highest BCUT2D eigenvalue weighted by atomic mass is 16.6. The highest BCUT2D eigenvalue weighted by Gasteiger charge is 2.58. The Bertz CT molecular complexity index is 1890. The predicted molar refractivity (Wildman–Crippen MR) is 245 cm³/mol. The van der Waals surface area contributed by atoms with Crippen LogP contribution < -0.4 is 27.0 Å². The van der Waals surface area contributed by atoms with Crippen LogP contribution in [0.25, 0.3) is 0 Å². The van der Waals surface area contributed by atoms with Gasteiger partial charge in [-0.2, -0.15) is 0 Å². The number of nitrogens with one attached hydrogen (secondary N) is 4. The number of ether oxygens (including phenoxy) is 4. The number of para-hydroxylation sites is 1. The Balaban J connectivity index is 1.02. The molecule has 1 aliphatic carbocycles. The van der Waals surface area contributed by atoms with Crippen molar-refractivity contribution < 1.29 is 53.1 Å². The largest absolute Gasteiger partial charge is 0.462 e. The fourth-order valence-corrected chi connectivity index (χ4v) is 8.67. The summed E-state index contributed by atoms with van der Waals surface area (Å²) in [5, 5.41) is 32.2. The van der Waals surface area contributed by atoms with E-state index in [2.05, 4.69) is 34.3 Å². The lowest BCUT2D eigenvalue weighted by atomic mass is 9.87. The van der Waals surface area contributed by atoms with Gasteiger partial charge in [-0.1, -0.05) is 68.8 Å². The molecule has 0 bridgehead atoms. The van der Waals surface area contributed by atoms with Crippen LogP contribution in [-0.2, 0) is 49.3 Å². The van der Waals surface area contributed by atoms with E-state index in [9.17, 15) is 34.2 Å². The fraction of sp³-hybridized carbons (Fsp3) is 0.653. The molecule has 4 fully saturated rings. The van der Waals surface area contributed by atoms with Crippen LogP contribution in [0.5, 0.6) is 0 Å². The van der Waals surface area contributed by atoms with Gasteiger partial charge in [0.05, 0.1) is 49.5 Å². The SMILES string of the molecule is CC(/C=C/[C@H]1O[C@H](CC(=O)NC2CCC(OC(=O)CCc3ccccc3NC(=O)[C@H](C)NC(=O)[C@@H](N)C(C)C)CC2)C[C@@]2(CO2)[C@@H]1O)=C\C[C@@H]1O[C@H](C)C(NC(=O)/C=C\[C@H](C)O)C[C@@H]1C. The number of rotatable bonds is 19. The van der Waals surface area contributed by atoms with Gasteiger partial charge in [-0.25, -0.2) is 0 Å². The number of benzene rings is 1. The molecule has 5 rings (SSSR count). The Labute approximate surface area is 383 Å². The van der Waals surface area contributed by atoms with Crippen LogP contribution in [0.15, 0.2) is 60.2 Å². The summed E-state index contributed by atoms with van der Waals surface area (Å²) in [6.45, 7) is 13.3. The van der Waals surface area contributed by atoms with Crippen LogP contribution in [0.3, 0.4) is 0 Å². The Morgan fingerprint density at radius 3 is 2.37 bits per heavy atom. The average Bonchev–Trinajstić information content (AvgIpc) is 4.03. The van der Waals surface area contributed by atoms with Crippen molar-refractivity contribution >= 4 is 35.3 Å². The van der Waals surface area contributed by atoms with Crippen molar-refractivity contribution in [2.45, 2.75) is 185 Å². The molecule has 11 atom stereocenters. The van der Waals surface area contributed by atoms with Gasteiger partial charge in [0.15, 0.2) is 0 Å². The lowest BCUT2D eigenvalue weighted by molar-refractivity contribution is -0.151. The summed E-state index contributed by atoms with van der Waals surface area (Å²) in [4.78, 5) is 63.7. The third kappa shape index (κ3) is 15.6. The molecule has 3 heterocycles. The van der Waals surface area contributed by atoms with Crippen LogP contribution >= 0.6 is 0 Å². The molecule has 4 amide bonds. The smallest absolute Gasteiger partial charge is 0.306 e. The molecule has 4 aliphatic rings. The fourth-order valence-electron chi connectivity index (χ4n) is 8.67. The van der Waals surface area contributed by atoms with Gasteiger partial charge in [0.25, 0.3) is 0 Å². The molecule has 65 heavy (non-hydrogen) atoms. The number of aryl methyl sites for hydroxylation is 1. The highest BCUT2D eigenvalue weighted by molar-refractivity contribution is 5.98. The average molecular weight is 908 g/mol. The highest BCUT2D eigenvalue weighted by Crippen LogP contribution is 2.43. The van der Waals surface area contributed by atoms with E-state index in [4.69, 9.17) is 24.7 Å². The number of allylic oxidation sites excluding steroid dienone is 2. The van der Waals surface area contributed by atoms with E-state index < -0.39 is 53.9 Å². The van der Waals surface area contributed by atoms with Crippen molar-refractivity contribution in [2.75, 3.05) is 11.9 Å². The second-order valence-electron chi connectivity index (χ2n) is 19.0. The minimum Gasteiger partial charge on any atom is -0.462 e. The van der Waals surface area contributed by atoms with E-state index in [-0.39, 0.29) is 72.9 Å². The van der Waals surface area contributed by atoms with E-state index in [1.807, 2.05) is 52.0 Å². The van der Waals surface area contributed by atoms with E-state index in [0.717, 1.165) is 17.6 Å². The quantitative estimate of drug-likeness (QED) is 0.0454. The summed E-state index contributed by atoms with van der Waals surface area (Å²) >= 11 is 0. The summed E-state index contributed by atoms with van der Waals surface area (Å²) in [6, 6.07) is 5.47. The lowest BCUT2D eigenvalue weighted by Crippen LogP contribution is -2.51. The summed E-state index contributed by atoms with van der Waals surface area (Å²) in [6.07, 6.45) is 10.5. The summed E-state index contributed by atoms with van der Waals surface area (Å²) < 4.78 is 24.1. The van der Waals surface area contributed by atoms with Crippen LogP contribution in [0.2, 0.25) is 0 Å². The molecule has 3 saturated heterocycles. The maximum Gasteiger partial charge on any atom is 0.306 e. The zero-order chi connectivity index (χ0) is 47.4. The molecule has 1 aromatic rings. The number of epoxide rings is 1. The number of amides is 4. The molecular formula is C49H73N5O11. The van der Waals surface area contributed by atoms with E-state index in [0.29, 0.717) is 57.2 Å². The van der Waals surface area contributed by atoms with Crippen LogP contribution in [0, 0.1) is 11.8 Å². The Morgan fingerprint density at radius 1 is 0.985 bits per heavy atom. The second-order valence-corrected chi connectivity index (χ2v) is 19.0. The zero-order valence-corrected chi connectivity index (χ0v) is 39.1. The second kappa shape index (κ2) is 23.8. The minimum absolute atomic E-state index is 0.0289. The van der Waals surface area contributed by atoms with Gasteiger partial charge < -0.3 is 56.2 Å². The molecule has 1 saturated carbocycles. The van der Waals surface area contributed by atoms with E-state index >= 15 is 0 Å². The first kappa shape index (κ1) is 51.5. The topological polar surface area (TPSA) is 240 Å². The first-order chi connectivity index (χ1) is 30.8. The van der Waals surface area contributed by atoms with Gasteiger partial charge in [-0.05, 0) is 96.1 Å². The van der Waals surface area contributed by atoms with Gasteiger partial charge in [-0.15, -0.1) is 0 Å². The van der Waals surface area contributed by atoms with Crippen LogP contribution in [0.4, 0.5) is 5.69 Å². The number of anilines is 1. The summed E-state index contributed by atoms with van der Waals surface area (Å²) in [5.74, 6) is -1.41. The minimum atomic E-state index is -0.867. The molecule has 16 nitrogen and oxygen atoms in total. The van der Waals surface area contributed by atoms with Crippen molar-refractivity contribution in [3.05, 3.63) is 65.8 Å². The molecular weight excluding hydrogens is 835 g/mol. The van der Waals surface area contributed by atoms with Crippen molar-refractivity contribution in [3.63, 3.8) is 0 Å². The van der Waals surface area contributed by atoms with Crippen molar-refractivity contribution in [3.8, 4) is 0 Å². The van der Waals surface area contributed by atoms with Gasteiger partial charge >= 0.3 is 5.97 Å². The third-order valence-electron chi connectivity index (χ3n) is 13.0. The first-order valence-corrected chi connectivity index (χ1v) is 23.4. The molecule has 1 unspecified atom stereocenters. The standard InChI is InChI=1S/C49H73N5O11/c1-28(2)45(50)48(61)51-32(6)47(60)54-38-11-9-8-10-34(38)15-23-44(58)65-36-18-16-35(17-19-36)52-43(57)25-37-26-49(27-62-49)46(59)41(64-37)21-13-29(3)12-20-40-30(4)24-39(33(7)63-40)53-42(56)22-14-31(5)55/h8-14,21-22,28,30-33,35-37,39-41,45-46,55,59H,15-20,23-27,50H2,1-7H3,(H,51,61)(H,52,57)(H,53,56)(H,54,60)/b21-13+,22-14-,29-12+/t30-,31-,32-,33+,35?,36?,37+,39?,40-,41+,45-,46+,49+/m0/s1. The van der Waals surface area contributed by atoms with Crippen molar-refractivity contribution in [2.24, 2.45) is 17.6 Å². The monoisotopic (exact) mass is 908 g/mol. The van der Waals surface area contributed by atoms with Crippen molar-refractivity contribution in [1.29, 1.82) is 0 Å². The van der Waals surface area contributed by atoms with E-state index in [1.54, 1.807) is 26.0 Å². The number of carbonyl (C=O) groups is 5. The van der Waals surface area contributed by atoms with Gasteiger partial charge in [0, 0.05) is 30.6 Å².